The Hall–Kier alpha value is -2.39. The van der Waals surface area contributed by atoms with E-state index < -0.39 is 8.07 Å². The number of methoxy groups -OCH3 is 6. The van der Waals surface area contributed by atoms with Gasteiger partial charge < -0.3 is 65.6 Å². The second-order valence-electron chi connectivity index (χ2n) is 12.3. The van der Waals surface area contributed by atoms with Crippen LogP contribution in [0.2, 0.25) is 0 Å². The third-order valence-electron chi connectivity index (χ3n) is 10.5. The first-order chi connectivity index (χ1) is 21.7. The Morgan fingerprint density at radius 1 is 0.400 bits per heavy atom. The normalized spacial score (nSPS) is 10.6. The van der Waals surface area contributed by atoms with Gasteiger partial charge in [-0.3, -0.25) is 0 Å². The number of hydrogen-bond acceptors (Lipinski definition) is 6. The summed E-state index contributed by atoms with van der Waals surface area (Å²) in [5.41, 5.74) is 11.6. The number of ether oxygens (including phenoxy) is 6. The number of halogens is 3. The Kier molecular flexibility index (Phi) is 17.5. The van der Waals surface area contributed by atoms with E-state index in [1.807, 2.05) is 18.2 Å². The quantitative estimate of drug-likeness (QED) is 0.0967. The smallest absolute Gasteiger partial charge is 1.00 e. The molecule has 50 heavy (non-hydrogen) atoms. The van der Waals surface area contributed by atoms with Gasteiger partial charge in [0.2, 0.25) is 0 Å². The van der Waals surface area contributed by atoms with Gasteiger partial charge in [-0.15, -0.1) is 0 Å². The van der Waals surface area contributed by atoms with Crippen LogP contribution in [-0.4, -0.2) is 50.7 Å². The van der Waals surface area contributed by atoms with E-state index in [9.17, 15) is 0 Å². The van der Waals surface area contributed by atoms with Crippen molar-refractivity contribution in [2.24, 2.45) is 0 Å². The van der Waals surface area contributed by atoms with Crippen molar-refractivity contribution in [1.82, 2.24) is 0 Å². The second-order valence-corrected chi connectivity index (χ2v) is 15.8. The van der Waals surface area contributed by atoms with Gasteiger partial charge in [0.25, 0.3) is 0 Å². The van der Waals surface area contributed by atoms with Gasteiger partial charge in [-0.05, 0) is 90.5 Å². The van der Waals surface area contributed by atoms with Crippen LogP contribution in [0.15, 0.2) is 18.2 Å². The predicted octanol–water partition coefficient (Wildman–Crippen LogP) is -3.07. The average molecular weight is 798 g/mol. The van der Waals surface area contributed by atoms with Gasteiger partial charge in [0, 0.05) is 18.2 Å². The van der Waals surface area contributed by atoms with Crippen LogP contribution in [0, 0.1) is 69.2 Å². The van der Waals surface area contributed by atoms with Crippen molar-refractivity contribution in [2.45, 2.75) is 69.2 Å². The SMILES string of the molecule is COc1cc(OC)c(C)c([Si](c2c(C)c(OC)cc(OC)c2C)(c2c(C)c(OC)cc(OC)c2C)c2c(C)c(C)c(C)[c-]2C)c1C.[Cl-].[Cl-].[Cl-].[Ti+4]. The maximum Gasteiger partial charge on any atom is 4.00 e. The summed E-state index contributed by atoms with van der Waals surface area (Å²) in [6, 6.07) is 6.02. The second kappa shape index (κ2) is 18.4. The Morgan fingerprint density at radius 2 is 0.620 bits per heavy atom. The van der Waals surface area contributed by atoms with Crippen molar-refractivity contribution in [3.05, 3.63) is 73.8 Å². The van der Waals surface area contributed by atoms with Crippen molar-refractivity contribution in [2.75, 3.05) is 42.7 Å². The molecule has 272 valence electrons. The summed E-state index contributed by atoms with van der Waals surface area (Å²) < 4.78 is 36.7. The summed E-state index contributed by atoms with van der Waals surface area (Å²) in [6.07, 6.45) is 0. The molecule has 11 heteroatoms. The minimum atomic E-state index is -3.43. The minimum absolute atomic E-state index is 0. The molecule has 0 aliphatic carbocycles. The van der Waals surface area contributed by atoms with Gasteiger partial charge in [-0.2, -0.15) is 27.4 Å². The molecule has 0 heterocycles. The van der Waals surface area contributed by atoms with Gasteiger partial charge in [0.05, 0.1) is 42.7 Å². The van der Waals surface area contributed by atoms with E-state index in [2.05, 4.69) is 69.2 Å². The van der Waals surface area contributed by atoms with E-state index >= 15 is 0 Å². The summed E-state index contributed by atoms with van der Waals surface area (Å²) in [7, 11) is 6.95. The molecule has 0 spiro atoms. The maximum absolute atomic E-state index is 6.12. The fourth-order valence-electron chi connectivity index (χ4n) is 8.08. The molecule has 0 radical (unpaired) electrons. The fourth-order valence-corrected chi connectivity index (χ4v) is 15.2. The fraction of sp³-hybridized carbons (Fsp3) is 0.410. The van der Waals surface area contributed by atoms with Gasteiger partial charge in [0.1, 0.15) is 34.5 Å². The molecule has 0 aliphatic rings. The van der Waals surface area contributed by atoms with Gasteiger partial charge in [0.15, 0.2) is 8.07 Å². The maximum atomic E-state index is 6.12. The minimum Gasteiger partial charge on any atom is -1.00 e. The molecule has 6 nitrogen and oxygen atoms in total. The van der Waals surface area contributed by atoms with Gasteiger partial charge in [-0.1, -0.05) is 27.7 Å². The van der Waals surface area contributed by atoms with E-state index in [0.29, 0.717) is 0 Å². The molecule has 4 rings (SSSR count). The molecule has 0 aliphatic heterocycles. The average Bonchev–Trinajstić information content (AvgIpc) is 3.23. The number of hydrogen-bond donors (Lipinski definition) is 0. The van der Waals surface area contributed by atoms with E-state index in [-0.39, 0.29) is 58.9 Å². The van der Waals surface area contributed by atoms with E-state index in [1.165, 1.54) is 43.0 Å². The van der Waals surface area contributed by atoms with Crippen LogP contribution in [0.25, 0.3) is 0 Å². The largest absolute Gasteiger partial charge is 4.00 e. The van der Waals surface area contributed by atoms with Crippen LogP contribution in [-0.2, 0) is 21.7 Å². The van der Waals surface area contributed by atoms with Crippen LogP contribution in [0.4, 0.5) is 0 Å². The summed E-state index contributed by atoms with van der Waals surface area (Å²) in [5, 5.41) is 4.97. The van der Waals surface area contributed by atoms with Crippen molar-refractivity contribution in [1.29, 1.82) is 0 Å². The topological polar surface area (TPSA) is 55.4 Å². The van der Waals surface area contributed by atoms with Crippen LogP contribution in [0.1, 0.15) is 55.6 Å². The molecule has 0 atom stereocenters. The standard InChI is InChI=1S/C39H51O6Si.3ClH.Ti/c1-20-21(2)23(4)36(22(20)3)46(37-24(5)30(40-11)17-31(41-12)25(37)6,38-26(7)32(42-13)18-33(43-14)27(38)8)39-28(9)34(44-15)19-35(45-16)29(39)10;;;;/h17-19H,1-16H3;3*1H;/q-1;;;;+4/p-3. The first kappa shape index (κ1) is 47.6. The molecule has 4 aromatic carbocycles. The van der Waals surface area contributed by atoms with Crippen molar-refractivity contribution >= 4 is 28.8 Å². The molecule has 0 saturated carbocycles. The first-order valence-corrected chi connectivity index (χ1v) is 17.7. The zero-order chi connectivity index (χ0) is 34.4. The third-order valence-corrected chi connectivity index (χ3v) is 16.5. The molecule has 0 amide bonds. The zero-order valence-corrected chi connectivity index (χ0v) is 37.1. The number of benzene rings is 3. The Labute approximate surface area is 334 Å². The molecular formula is C39H51Cl3O6SiTi. The Morgan fingerprint density at radius 3 is 0.780 bits per heavy atom. The summed E-state index contributed by atoms with van der Waals surface area (Å²) in [5.74, 6) is 4.67. The predicted molar refractivity (Wildman–Crippen MR) is 192 cm³/mol. The summed E-state index contributed by atoms with van der Waals surface area (Å²) in [6.45, 7) is 22.1. The van der Waals surface area contributed by atoms with Crippen LogP contribution in [0.5, 0.6) is 34.5 Å². The van der Waals surface area contributed by atoms with Gasteiger partial charge >= 0.3 is 21.7 Å². The molecule has 0 saturated heterocycles. The third kappa shape index (κ3) is 7.03. The molecule has 0 N–H and O–H groups in total. The van der Waals surface area contributed by atoms with E-state index in [4.69, 9.17) is 28.4 Å². The summed E-state index contributed by atoms with van der Waals surface area (Å²) >= 11 is 0. The Balaban J connectivity index is 0.00000600. The zero-order valence-electron chi connectivity index (χ0n) is 32.3. The van der Waals surface area contributed by atoms with Crippen LogP contribution >= 0.6 is 0 Å². The van der Waals surface area contributed by atoms with E-state index in [1.54, 1.807) is 42.7 Å². The monoisotopic (exact) mass is 796 g/mol. The van der Waals surface area contributed by atoms with Gasteiger partial charge in [-0.25, -0.2) is 0 Å². The molecular weight excluding hydrogens is 747 g/mol. The van der Waals surface area contributed by atoms with Crippen molar-refractivity contribution in [3.63, 3.8) is 0 Å². The van der Waals surface area contributed by atoms with Crippen LogP contribution < -0.4 is 86.4 Å². The molecule has 0 aromatic heterocycles. The summed E-state index contributed by atoms with van der Waals surface area (Å²) in [4.78, 5) is 0. The molecule has 0 bridgehead atoms. The van der Waals surface area contributed by atoms with E-state index in [0.717, 1.165) is 67.9 Å². The first-order valence-electron chi connectivity index (χ1n) is 15.7. The number of rotatable bonds is 10. The molecule has 4 aromatic rings. The molecule has 0 fully saturated rings. The van der Waals surface area contributed by atoms with Crippen molar-refractivity contribution < 1.29 is 87.4 Å². The van der Waals surface area contributed by atoms with Crippen LogP contribution in [0.3, 0.4) is 0 Å². The van der Waals surface area contributed by atoms with Crippen molar-refractivity contribution in [3.8, 4) is 34.5 Å². The molecule has 0 unspecified atom stereocenters. The Bertz CT molecular complexity index is 1560.